The number of hydrogen-bond acceptors (Lipinski definition) is 2. The van der Waals surface area contributed by atoms with Crippen molar-refractivity contribution in [1.29, 1.82) is 5.26 Å². The molecule has 0 saturated carbocycles. The van der Waals surface area contributed by atoms with Crippen LogP contribution in [0.15, 0.2) is 4.99 Å². The van der Waals surface area contributed by atoms with E-state index in [1.54, 1.807) is 0 Å². The normalized spacial score (nSPS) is 17.7. The van der Waals surface area contributed by atoms with Crippen LogP contribution >= 0.6 is 0 Å². The van der Waals surface area contributed by atoms with E-state index in [0.717, 1.165) is 32.0 Å². The summed E-state index contributed by atoms with van der Waals surface area (Å²) < 4.78 is 0. The maximum Gasteiger partial charge on any atom is 0.207 e. The maximum absolute atomic E-state index is 8.60. The molecule has 4 nitrogen and oxygen atoms in total. The second-order valence-electron chi connectivity index (χ2n) is 3.49. The molecule has 0 spiro atoms. The molecule has 0 aromatic rings. The summed E-state index contributed by atoms with van der Waals surface area (Å²) in [6.07, 6.45) is 6.68. The Kier molecular flexibility index (Phi) is 4.84. The third kappa shape index (κ3) is 3.25. The van der Waals surface area contributed by atoms with E-state index in [1.807, 2.05) is 6.19 Å². The fourth-order valence-corrected chi connectivity index (χ4v) is 1.59. The molecule has 0 atom stereocenters. The van der Waals surface area contributed by atoms with Crippen molar-refractivity contribution in [3.8, 4) is 6.19 Å². The molecule has 4 heteroatoms. The van der Waals surface area contributed by atoms with Crippen LogP contribution in [0, 0.1) is 11.5 Å². The molecule has 1 N–H and O–H groups in total. The first kappa shape index (κ1) is 10.8. The topological polar surface area (TPSA) is 51.4 Å². The molecule has 1 heterocycles. The Bertz CT molecular complexity index is 223. The Balaban J connectivity index is 2.51. The van der Waals surface area contributed by atoms with E-state index < -0.39 is 0 Å². The van der Waals surface area contributed by atoms with Crippen molar-refractivity contribution >= 4 is 5.96 Å². The van der Waals surface area contributed by atoms with E-state index in [9.17, 15) is 0 Å². The smallest absolute Gasteiger partial charge is 0.207 e. The number of nitriles is 1. The predicted molar refractivity (Wildman–Crippen MR) is 56.8 cm³/mol. The van der Waals surface area contributed by atoms with Gasteiger partial charge in [0.25, 0.3) is 0 Å². The summed E-state index contributed by atoms with van der Waals surface area (Å²) in [6, 6.07) is 0. The predicted octanol–water partition coefficient (Wildman–Crippen LogP) is 1.31. The van der Waals surface area contributed by atoms with Gasteiger partial charge in [0.15, 0.2) is 6.19 Å². The van der Waals surface area contributed by atoms with Gasteiger partial charge in [-0.1, -0.05) is 6.92 Å². The fraction of sp³-hybridized carbons (Fsp3) is 0.800. The number of rotatable bonds is 2. The van der Waals surface area contributed by atoms with Crippen LogP contribution < -0.4 is 5.32 Å². The summed E-state index contributed by atoms with van der Waals surface area (Å²) in [5, 5.41) is 11.3. The average molecular weight is 194 g/mol. The average Bonchev–Trinajstić information content (AvgIpc) is 2.25. The first-order chi connectivity index (χ1) is 6.88. The van der Waals surface area contributed by atoms with E-state index in [-0.39, 0.29) is 0 Å². The lowest BCUT2D eigenvalue weighted by Crippen LogP contribution is -2.42. The first-order valence-corrected chi connectivity index (χ1v) is 5.33. The molecule has 1 fully saturated rings. The SMILES string of the molecule is CCCN=C(NC#N)N1CCCCC1. The number of nitrogens with one attached hydrogen (secondary N) is 1. The van der Waals surface area contributed by atoms with Gasteiger partial charge >= 0.3 is 0 Å². The zero-order chi connectivity index (χ0) is 10.2. The monoisotopic (exact) mass is 194 g/mol. The molecule has 78 valence electrons. The zero-order valence-corrected chi connectivity index (χ0v) is 8.79. The summed E-state index contributed by atoms with van der Waals surface area (Å²) in [7, 11) is 0. The molecule has 0 amide bonds. The van der Waals surface area contributed by atoms with Crippen molar-refractivity contribution in [2.24, 2.45) is 4.99 Å². The molecule has 0 unspecified atom stereocenters. The summed E-state index contributed by atoms with van der Waals surface area (Å²) >= 11 is 0. The molecule has 1 rings (SSSR count). The lowest BCUT2D eigenvalue weighted by atomic mass is 10.1. The van der Waals surface area contributed by atoms with Gasteiger partial charge in [-0.05, 0) is 25.7 Å². The Morgan fingerprint density at radius 3 is 2.71 bits per heavy atom. The minimum Gasteiger partial charge on any atom is -0.342 e. The Morgan fingerprint density at radius 2 is 2.14 bits per heavy atom. The largest absolute Gasteiger partial charge is 0.342 e. The lowest BCUT2D eigenvalue weighted by Gasteiger charge is -2.28. The van der Waals surface area contributed by atoms with E-state index in [4.69, 9.17) is 5.26 Å². The molecule has 0 bridgehead atoms. The van der Waals surface area contributed by atoms with Crippen molar-refractivity contribution in [2.45, 2.75) is 32.6 Å². The summed E-state index contributed by atoms with van der Waals surface area (Å²) in [4.78, 5) is 6.53. The number of guanidine groups is 1. The molecule has 0 radical (unpaired) electrons. The Morgan fingerprint density at radius 1 is 1.43 bits per heavy atom. The van der Waals surface area contributed by atoms with Crippen molar-refractivity contribution in [3.05, 3.63) is 0 Å². The van der Waals surface area contributed by atoms with Gasteiger partial charge < -0.3 is 4.90 Å². The van der Waals surface area contributed by atoms with Gasteiger partial charge in [0.05, 0.1) is 0 Å². The highest BCUT2D eigenvalue weighted by atomic mass is 15.3. The van der Waals surface area contributed by atoms with Crippen molar-refractivity contribution < 1.29 is 0 Å². The molecule has 14 heavy (non-hydrogen) atoms. The third-order valence-corrected chi connectivity index (χ3v) is 2.31. The molecule has 1 aliphatic rings. The molecule has 1 saturated heterocycles. The molecular weight excluding hydrogens is 176 g/mol. The maximum atomic E-state index is 8.60. The van der Waals surface area contributed by atoms with E-state index in [2.05, 4.69) is 22.1 Å². The van der Waals surface area contributed by atoms with E-state index in [1.165, 1.54) is 19.3 Å². The van der Waals surface area contributed by atoms with Gasteiger partial charge in [0.2, 0.25) is 5.96 Å². The number of likely N-dealkylation sites (tertiary alicyclic amines) is 1. The standard InChI is InChI=1S/C10H18N4/c1-2-6-12-10(13-9-11)14-7-4-3-5-8-14/h2-8H2,1H3,(H,12,13). The third-order valence-electron chi connectivity index (χ3n) is 2.31. The summed E-state index contributed by atoms with van der Waals surface area (Å²) in [5.74, 6) is 0.758. The van der Waals surface area contributed by atoms with Crippen LogP contribution in [0.2, 0.25) is 0 Å². The van der Waals surface area contributed by atoms with Crippen molar-refractivity contribution in [3.63, 3.8) is 0 Å². The van der Waals surface area contributed by atoms with Crippen LogP contribution in [0.3, 0.4) is 0 Å². The number of piperidine rings is 1. The lowest BCUT2D eigenvalue weighted by molar-refractivity contribution is 0.334. The van der Waals surface area contributed by atoms with Gasteiger partial charge in [-0.3, -0.25) is 10.3 Å². The van der Waals surface area contributed by atoms with E-state index >= 15 is 0 Å². The highest BCUT2D eigenvalue weighted by Gasteiger charge is 2.13. The van der Waals surface area contributed by atoms with Crippen LogP contribution in [-0.4, -0.2) is 30.5 Å². The highest BCUT2D eigenvalue weighted by Crippen LogP contribution is 2.08. The zero-order valence-electron chi connectivity index (χ0n) is 8.79. The minimum absolute atomic E-state index is 0.758. The van der Waals surface area contributed by atoms with Crippen LogP contribution in [0.4, 0.5) is 0 Å². The van der Waals surface area contributed by atoms with Crippen molar-refractivity contribution in [2.75, 3.05) is 19.6 Å². The van der Waals surface area contributed by atoms with Crippen LogP contribution in [0.5, 0.6) is 0 Å². The van der Waals surface area contributed by atoms with Gasteiger partial charge in [-0.15, -0.1) is 0 Å². The molecular formula is C10H18N4. The Labute approximate surface area is 85.6 Å². The number of hydrogen-bond donors (Lipinski definition) is 1. The van der Waals surface area contributed by atoms with Gasteiger partial charge in [0.1, 0.15) is 0 Å². The molecule has 0 aromatic carbocycles. The summed E-state index contributed by atoms with van der Waals surface area (Å²) in [6.45, 7) is 4.93. The quantitative estimate of drug-likeness (QED) is 0.312. The number of aliphatic imine (C=N–C) groups is 1. The van der Waals surface area contributed by atoms with Crippen LogP contribution in [-0.2, 0) is 0 Å². The second-order valence-corrected chi connectivity index (χ2v) is 3.49. The summed E-state index contributed by atoms with van der Waals surface area (Å²) in [5.41, 5.74) is 0. The highest BCUT2D eigenvalue weighted by molar-refractivity contribution is 5.81. The van der Waals surface area contributed by atoms with E-state index in [0.29, 0.717) is 0 Å². The first-order valence-electron chi connectivity index (χ1n) is 5.33. The number of nitrogens with zero attached hydrogens (tertiary/aromatic N) is 3. The Hall–Kier alpha value is -1.24. The van der Waals surface area contributed by atoms with Crippen LogP contribution in [0.1, 0.15) is 32.6 Å². The minimum atomic E-state index is 0.758. The van der Waals surface area contributed by atoms with Crippen molar-refractivity contribution in [1.82, 2.24) is 10.2 Å². The molecule has 1 aliphatic heterocycles. The second kappa shape index (κ2) is 6.25. The van der Waals surface area contributed by atoms with Crippen LogP contribution in [0.25, 0.3) is 0 Å². The van der Waals surface area contributed by atoms with Gasteiger partial charge in [-0.2, -0.15) is 5.26 Å². The molecule has 0 aliphatic carbocycles. The molecule has 0 aromatic heterocycles. The van der Waals surface area contributed by atoms with Gasteiger partial charge in [0, 0.05) is 19.6 Å². The van der Waals surface area contributed by atoms with Gasteiger partial charge in [-0.25, -0.2) is 0 Å². The fourth-order valence-electron chi connectivity index (χ4n) is 1.59.